The lowest BCUT2D eigenvalue weighted by Gasteiger charge is -2.14. The van der Waals surface area contributed by atoms with Gasteiger partial charge in [0.1, 0.15) is 5.69 Å². The first-order chi connectivity index (χ1) is 14.0. The summed E-state index contributed by atoms with van der Waals surface area (Å²) >= 11 is 0. The Morgan fingerprint density at radius 3 is 2.20 bits per heavy atom. The maximum atomic E-state index is 12.7. The molecule has 0 fully saturated rings. The third-order valence-electron chi connectivity index (χ3n) is 4.37. The van der Waals surface area contributed by atoms with Gasteiger partial charge in [0.2, 0.25) is 10.0 Å². The summed E-state index contributed by atoms with van der Waals surface area (Å²) in [6, 6.07) is 12.7. The lowest BCUT2D eigenvalue weighted by molar-refractivity contribution is 0.0688. The third-order valence-corrected chi connectivity index (χ3v) is 7.16. The molecule has 30 heavy (non-hydrogen) atoms. The average Bonchev–Trinajstić information content (AvgIpc) is 3.18. The van der Waals surface area contributed by atoms with Gasteiger partial charge in [-0.2, -0.15) is 0 Å². The summed E-state index contributed by atoms with van der Waals surface area (Å²) in [7, 11) is -6.61. The predicted molar refractivity (Wildman–Crippen MR) is 111 cm³/mol. The molecule has 2 aromatic carbocycles. The van der Waals surface area contributed by atoms with Crippen LogP contribution in [-0.2, 0) is 20.0 Å². The fourth-order valence-electron chi connectivity index (χ4n) is 2.89. The first-order valence-corrected chi connectivity index (χ1v) is 11.6. The van der Waals surface area contributed by atoms with Gasteiger partial charge in [-0.1, -0.05) is 6.07 Å². The van der Waals surface area contributed by atoms with Crippen molar-refractivity contribution >= 4 is 31.7 Å². The van der Waals surface area contributed by atoms with E-state index in [0.717, 1.165) is 6.07 Å². The number of benzene rings is 2. The molecule has 0 aliphatic carbocycles. The Kier molecular flexibility index (Phi) is 5.70. The Balaban J connectivity index is 1.93. The Hall–Kier alpha value is -3.15. The van der Waals surface area contributed by atoms with Gasteiger partial charge in [-0.15, -0.1) is 0 Å². The van der Waals surface area contributed by atoms with Crippen LogP contribution in [0.5, 0.6) is 0 Å². The molecular formula is C19H19N3O6S2. The molecule has 3 rings (SSSR count). The standard InChI is InChI=1S/C19H19N3O6S2/c1-13-11-14(8-9-17(13)22-10-4-7-18(22)19(23)24)21-30(27,28)16-6-3-5-15(12-16)29(25,26)20-2/h3-12,20-21H,1-2H3,(H,23,24). The highest BCUT2D eigenvalue weighted by atomic mass is 32.2. The van der Waals surface area contributed by atoms with Crippen LogP contribution in [-0.4, -0.2) is 39.5 Å². The second-order valence-electron chi connectivity index (χ2n) is 6.36. The molecule has 3 aromatic rings. The molecule has 158 valence electrons. The number of nitrogens with zero attached hydrogens (tertiary/aromatic N) is 1. The summed E-state index contributed by atoms with van der Waals surface area (Å²) in [5.41, 5.74) is 1.55. The highest BCUT2D eigenvalue weighted by Gasteiger charge is 2.19. The first kappa shape index (κ1) is 21.6. The molecule has 1 aromatic heterocycles. The van der Waals surface area contributed by atoms with E-state index in [1.54, 1.807) is 31.3 Å². The summed E-state index contributed by atoms with van der Waals surface area (Å²) in [6.45, 7) is 1.72. The molecular weight excluding hydrogens is 430 g/mol. The van der Waals surface area contributed by atoms with E-state index in [2.05, 4.69) is 9.44 Å². The number of carboxylic acid groups (broad SMARTS) is 1. The minimum atomic E-state index is -4.05. The fourth-order valence-corrected chi connectivity index (χ4v) is 4.84. The molecule has 0 spiro atoms. The summed E-state index contributed by atoms with van der Waals surface area (Å²) in [5.74, 6) is -1.08. The predicted octanol–water partition coefficient (Wildman–Crippen LogP) is 2.19. The van der Waals surface area contributed by atoms with Gasteiger partial charge >= 0.3 is 5.97 Å². The number of carboxylic acids is 1. The van der Waals surface area contributed by atoms with E-state index in [9.17, 15) is 26.7 Å². The monoisotopic (exact) mass is 449 g/mol. The van der Waals surface area contributed by atoms with Gasteiger partial charge in [-0.25, -0.2) is 26.4 Å². The first-order valence-electron chi connectivity index (χ1n) is 8.63. The molecule has 0 aliphatic rings. The second-order valence-corrected chi connectivity index (χ2v) is 9.93. The third kappa shape index (κ3) is 4.22. The highest BCUT2D eigenvalue weighted by molar-refractivity contribution is 7.93. The SMILES string of the molecule is CNS(=O)(=O)c1cccc(S(=O)(=O)Nc2ccc(-n3cccc3C(=O)O)c(C)c2)c1. The molecule has 0 saturated heterocycles. The van der Waals surface area contributed by atoms with Gasteiger partial charge < -0.3 is 9.67 Å². The second kappa shape index (κ2) is 7.94. The van der Waals surface area contributed by atoms with Crippen molar-refractivity contribution in [2.45, 2.75) is 16.7 Å². The van der Waals surface area contributed by atoms with Crippen LogP contribution in [0.15, 0.2) is 70.6 Å². The molecule has 9 nitrogen and oxygen atoms in total. The summed E-state index contributed by atoms with van der Waals surface area (Å²) in [4.78, 5) is 11.0. The minimum Gasteiger partial charge on any atom is -0.477 e. The number of sulfonamides is 2. The highest BCUT2D eigenvalue weighted by Crippen LogP contribution is 2.24. The molecule has 0 atom stereocenters. The van der Waals surface area contributed by atoms with Gasteiger partial charge in [0.05, 0.1) is 9.79 Å². The topological polar surface area (TPSA) is 135 Å². The molecule has 0 unspecified atom stereocenters. The molecule has 0 bridgehead atoms. The van der Waals surface area contributed by atoms with Crippen molar-refractivity contribution in [3.8, 4) is 5.69 Å². The number of aryl methyl sites for hydroxylation is 1. The van der Waals surface area contributed by atoms with Crippen LogP contribution in [0, 0.1) is 6.92 Å². The smallest absolute Gasteiger partial charge is 0.352 e. The van der Waals surface area contributed by atoms with Gasteiger partial charge in [-0.3, -0.25) is 4.72 Å². The number of hydrogen-bond acceptors (Lipinski definition) is 5. The Morgan fingerprint density at radius 1 is 0.933 bits per heavy atom. The molecule has 0 aliphatic heterocycles. The summed E-state index contributed by atoms with van der Waals surface area (Å²) in [5, 5.41) is 9.28. The number of hydrogen-bond donors (Lipinski definition) is 3. The zero-order chi connectivity index (χ0) is 22.1. The quantitative estimate of drug-likeness (QED) is 0.506. The van der Waals surface area contributed by atoms with E-state index in [-0.39, 0.29) is 21.2 Å². The number of aromatic carboxylic acids is 1. The van der Waals surface area contributed by atoms with Crippen LogP contribution >= 0.6 is 0 Å². The molecule has 0 radical (unpaired) electrons. The van der Waals surface area contributed by atoms with E-state index < -0.39 is 26.0 Å². The van der Waals surface area contributed by atoms with E-state index >= 15 is 0 Å². The van der Waals surface area contributed by atoms with Crippen LogP contribution in [0.4, 0.5) is 5.69 Å². The average molecular weight is 450 g/mol. The van der Waals surface area contributed by atoms with Crippen LogP contribution in [0.1, 0.15) is 16.1 Å². The van der Waals surface area contributed by atoms with E-state index in [1.165, 1.54) is 41.9 Å². The van der Waals surface area contributed by atoms with Crippen LogP contribution in [0.3, 0.4) is 0 Å². The Bertz CT molecular complexity index is 1330. The van der Waals surface area contributed by atoms with E-state index in [4.69, 9.17) is 0 Å². The molecule has 3 N–H and O–H groups in total. The van der Waals surface area contributed by atoms with Crippen molar-refractivity contribution in [1.29, 1.82) is 0 Å². The van der Waals surface area contributed by atoms with Crippen LogP contribution < -0.4 is 9.44 Å². The number of rotatable bonds is 7. The zero-order valence-corrected chi connectivity index (χ0v) is 17.7. The van der Waals surface area contributed by atoms with Crippen molar-refractivity contribution in [3.63, 3.8) is 0 Å². The molecule has 1 heterocycles. The largest absolute Gasteiger partial charge is 0.477 e. The molecule has 11 heteroatoms. The van der Waals surface area contributed by atoms with Gasteiger partial charge in [-0.05, 0) is 68.1 Å². The van der Waals surface area contributed by atoms with Crippen molar-refractivity contribution < 1.29 is 26.7 Å². The van der Waals surface area contributed by atoms with Crippen molar-refractivity contribution in [2.75, 3.05) is 11.8 Å². The number of aromatic nitrogens is 1. The number of nitrogens with one attached hydrogen (secondary N) is 2. The van der Waals surface area contributed by atoms with Gasteiger partial charge in [0.15, 0.2) is 0 Å². The lowest BCUT2D eigenvalue weighted by Crippen LogP contribution is -2.19. The van der Waals surface area contributed by atoms with Gasteiger partial charge in [0.25, 0.3) is 10.0 Å². The van der Waals surface area contributed by atoms with E-state index in [1.807, 2.05) is 0 Å². The van der Waals surface area contributed by atoms with Crippen LogP contribution in [0.2, 0.25) is 0 Å². The number of carbonyl (C=O) groups is 1. The normalized spacial score (nSPS) is 11.9. The zero-order valence-electron chi connectivity index (χ0n) is 16.0. The minimum absolute atomic E-state index is 0.0778. The van der Waals surface area contributed by atoms with Crippen LogP contribution in [0.25, 0.3) is 5.69 Å². The van der Waals surface area contributed by atoms with Gasteiger partial charge in [0, 0.05) is 17.6 Å². The van der Waals surface area contributed by atoms with Crippen molar-refractivity contribution in [3.05, 3.63) is 72.1 Å². The maximum Gasteiger partial charge on any atom is 0.352 e. The lowest BCUT2D eigenvalue weighted by atomic mass is 10.1. The summed E-state index contributed by atoms with van der Waals surface area (Å²) < 4.78 is 55.4. The Labute approximate surface area is 174 Å². The fraction of sp³-hybridized carbons (Fsp3) is 0.105. The van der Waals surface area contributed by atoms with Crippen molar-refractivity contribution in [1.82, 2.24) is 9.29 Å². The summed E-state index contributed by atoms with van der Waals surface area (Å²) in [6.07, 6.45) is 1.60. The van der Waals surface area contributed by atoms with Crippen molar-refractivity contribution in [2.24, 2.45) is 0 Å². The van der Waals surface area contributed by atoms with E-state index in [0.29, 0.717) is 11.3 Å². The molecule has 0 saturated carbocycles. The molecule has 0 amide bonds. The number of anilines is 1. The Morgan fingerprint density at radius 2 is 1.60 bits per heavy atom. The maximum absolute atomic E-state index is 12.7.